The first-order valence-electron chi connectivity index (χ1n) is 7.40. The maximum absolute atomic E-state index is 2.88. The Bertz CT molecular complexity index is 266. The molecule has 3 nitrogen and oxygen atoms in total. The zero-order valence-corrected chi connectivity index (χ0v) is 19.6. The van der Waals surface area contributed by atoms with E-state index in [1.165, 1.54) is 6.54 Å². The zero-order chi connectivity index (χ0) is 15.6. The molecule has 1 radical (unpaired) electrons. The SMILES string of the molecule is CN(C)CCN(N([Si](C)(C)C)[Si](C)(C)C)[Si](C)(C)C.[Co]. The molecule has 0 aromatic heterocycles. The van der Waals surface area contributed by atoms with Crippen molar-refractivity contribution < 1.29 is 16.8 Å². The number of likely N-dealkylation sites (N-methyl/N-ethyl adjacent to an activating group) is 1. The summed E-state index contributed by atoms with van der Waals surface area (Å²) in [4.78, 5) is 2.31. The largest absolute Gasteiger partial charge is 0.308 e. The average molecular weight is 379 g/mol. The van der Waals surface area contributed by atoms with Gasteiger partial charge in [-0.1, -0.05) is 58.9 Å². The second kappa shape index (κ2) is 8.05. The van der Waals surface area contributed by atoms with Crippen molar-refractivity contribution in [3.8, 4) is 0 Å². The van der Waals surface area contributed by atoms with Gasteiger partial charge < -0.3 is 4.90 Å². The smallest absolute Gasteiger partial charge is 0.135 e. The molecule has 0 heterocycles. The van der Waals surface area contributed by atoms with E-state index < -0.39 is 24.7 Å². The van der Waals surface area contributed by atoms with Crippen molar-refractivity contribution in [2.45, 2.75) is 58.9 Å². The van der Waals surface area contributed by atoms with Gasteiger partial charge in [0.15, 0.2) is 0 Å². The minimum absolute atomic E-state index is 0. The molecule has 0 rings (SSSR count). The fraction of sp³-hybridized carbons (Fsp3) is 1.00. The van der Waals surface area contributed by atoms with Gasteiger partial charge in [-0.2, -0.15) is 0 Å². The third-order valence-electron chi connectivity index (χ3n) is 3.05. The molecule has 20 heavy (non-hydrogen) atoms. The van der Waals surface area contributed by atoms with Gasteiger partial charge in [-0.25, -0.2) is 0 Å². The van der Waals surface area contributed by atoms with E-state index in [0.29, 0.717) is 0 Å². The van der Waals surface area contributed by atoms with Crippen molar-refractivity contribution >= 4 is 24.7 Å². The molecule has 0 bridgehead atoms. The Morgan fingerprint density at radius 1 is 0.600 bits per heavy atom. The Morgan fingerprint density at radius 3 is 1.15 bits per heavy atom. The molecule has 125 valence electrons. The van der Waals surface area contributed by atoms with Crippen LogP contribution in [0.25, 0.3) is 0 Å². The van der Waals surface area contributed by atoms with Gasteiger partial charge in [0, 0.05) is 29.9 Å². The number of nitrogens with zero attached hydrogens (tertiary/aromatic N) is 3. The van der Waals surface area contributed by atoms with E-state index in [1.807, 2.05) is 0 Å². The normalized spacial score (nSPS) is 14.1. The van der Waals surface area contributed by atoms with Gasteiger partial charge in [0.2, 0.25) is 0 Å². The summed E-state index contributed by atoms with van der Waals surface area (Å²) in [6, 6.07) is 0. The second-order valence-electron chi connectivity index (χ2n) is 8.75. The van der Waals surface area contributed by atoms with Gasteiger partial charge in [0.05, 0.1) is 0 Å². The molecule has 0 aliphatic rings. The Kier molecular flexibility index (Phi) is 9.38. The quantitative estimate of drug-likeness (QED) is 0.495. The number of rotatable bonds is 7. The Balaban J connectivity index is 0. The molecule has 0 aromatic carbocycles. The third kappa shape index (κ3) is 7.88. The molecule has 0 aliphatic heterocycles. The van der Waals surface area contributed by atoms with Crippen LogP contribution in [0, 0.1) is 0 Å². The van der Waals surface area contributed by atoms with Crippen molar-refractivity contribution in [2.75, 3.05) is 27.2 Å². The molecule has 7 heteroatoms. The van der Waals surface area contributed by atoms with E-state index in [2.05, 4.69) is 86.9 Å². The van der Waals surface area contributed by atoms with Crippen LogP contribution in [0.4, 0.5) is 0 Å². The Labute approximate surface area is 141 Å². The molecule has 0 unspecified atom stereocenters. The molecule has 0 saturated carbocycles. The van der Waals surface area contributed by atoms with E-state index >= 15 is 0 Å². The minimum atomic E-state index is -1.33. The van der Waals surface area contributed by atoms with Gasteiger partial charge >= 0.3 is 0 Å². The summed E-state index contributed by atoms with van der Waals surface area (Å²) in [5.41, 5.74) is 0. The zero-order valence-electron chi connectivity index (χ0n) is 15.6. The first kappa shape index (κ1) is 23.3. The van der Waals surface area contributed by atoms with Gasteiger partial charge in [0.1, 0.15) is 24.7 Å². The number of hydrogen-bond acceptors (Lipinski definition) is 3. The van der Waals surface area contributed by atoms with Crippen LogP contribution < -0.4 is 0 Å². The first-order valence-corrected chi connectivity index (χ1v) is 17.7. The summed E-state index contributed by atoms with van der Waals surface area (Å²) in [7, 11) is 0.359. The van der Waals surface area contributed by atoms with E-state index in [0.717, 1.165) is 6.54 Å². The monoisotopic (exact) mass is 378 g/mol. The van der Waals surface area contributed by atoms with Crippen LogP contribution in [-0.2, 0) is 16.8 Å². The molecule has 0 fully saturated rings. The maximum atomic E-state index is 2.88. The summed E-state index contributed by atoms with van der Waals surface area (Å²) in [5.74, 6) is 0. The standard InChI is InChI=1S/C13H37N3Si3.Co/c1-14(2)12-13-15(17(3,4)5)16(18(6,7)8)19(9,10)11;/h12-13H2,1-11H3;. The summed E-state index contributed by atoms with van der Waals surface area (Å²) in [6.45, 7) is 24.7. The van der Waals surface area contributed by atoms with Crippen LogP contribution >= 0.6 is 0 Å². The van der Waals surface area contributed by atoms with Crippen LogP contribution in [0.15, 0.2) is 0 Å². The summed E-state index contributed by atoms with van der Waals surface area (Å²) >= 11 is 0. The fourth-order valence-electron chi connectivity index (χ4n) is 2.76. The second-order valence-corrected chi connectivity index (χ2v) is 23.6. The average Bonchev–Trinajstić information content (AvgIpc) is 2.04. The topological polar surface area (TPSA) is 9.72 Å². The van der Waals surface area contributed by atoms with Crippen molar-refractivity contribution in [3.63, 3.8) is 0 Å². The summed E-state index contributed by atoms with van der Waals surface area (Å²) in [6.07, 6.45) is 0. The van der Waals surface area contributed by atoms with Crippen molar-refractivity contribution in [2.24, 2.45) is 0 Å². The molecule has 0 N–H and O–H groups in total. The minimum Gasteiger partial charge on any atom is -0.308 e. The molecule has 0 amide bonds. The molecule has 0 atom stereocenters. The predicted molar refractivity (Wildman–Crippen MR) is 97.1 cm³/mol. The van der Waals surface area contributed by atoms with Gasteiger partial charge in [-0.15, -0.1) is 0 Å². The van der Waals surface area contributed by atoms with Crippen LogP contribution in [0.5, 0.6) is 0 Å². The van der Waals surface area contributed by atoms with E-state index in [4.69, 9.17) is 0 Å². The fourth-order valence-corrected chi connectivity index (χ4v) is 17.4. The van der Waals surface area contributed by atoms with Crippen LogP contribution in [0.2, 0.25) is 58.9 Å². The predicted octanol–water partition coefficient (Wildman–Crippen LogP) is 3.57. The van der Waals surface area contributed by atoms with Crippen molar-refractivity contribution in [1.82, 2.24) is 13.9 Å². The van der Waals surface area contributed by atoms with Crippen LogP contribution in [-0.4, -0.2) is 65.8 Å². The summed E-state index contributed by atoms with van der Waals surface area (Å²) in [5, 5.41) is 0. The first-order chi connectivity index (χ1) is 8.17. The number of hydrazine groups is 1. The molecule has 0 spiro atoms. The van der Waals surface area contributed by atoms with E-state index in [9.17, 15) is 0 Å². The van der Waals surface area contributed by atoms with Crippen molar-refractivity contribution in [3.05, 3.63) is 0 Å². The summed E-state index contributed by atoms with van der Waals surface area (Å²) < 4.78 is 5.68. The van der Waals surface area contributed by atoms with Crippen LogP contribution in [0.1, 0.15) is 0 Å². The molecular weight excluding hydrogens is 341 g/mol. The number of hydrogen-bond donors (Lipinski definition) is 0. The molecule has 0 aromatic rings. The van der Waals surface area contributed by atoms with Gasteiger partial charge in [0.25, 0.3) is 0 Å². The van der Waals surface area contributed by atoms with Crippen LogP contribution in [0.3, 0.4) is 0 Å². The van der Waals surface area contributed by atoms with E-state index in [-0.39, 0.29) is 16.8 Å². The molecule has 0 saturated heterocycles. The van der Waals surface area contributed by atoms with Gasteiger partial charge in [-0.3, -0.25) is 9.01 Å². The Morgan fingerprint density at radius 2 is 0.950 bits per heavy atom. The molecular formula is C13H37CoN3Si3. The molecule has 0 aliphatic carbocycles. The maximum Gasteiger partial charge on any atom is 0.135 e. The third-order valence-corrected chi connectivity index (χ3v) is 12.5. The Hall–Kier alpha value is 1.04. The van der Waals surface area contributed by atoms with Crippen molar-refractivity contribution in [1.29, 1.82) is 0 Å². The van der Waals surface area contributed by atoms with Gasteiger partial charge in [-0.05, 0) is 14.1 Å². The van der Waals surface area contributed by atoms with E-state index in [1.54, 1.807) is 0 Å².